The van der Waals surface area contributed by atoms with E-state index in [0.29, 0.717) is 34.9 Å². The summed E-state index contributed by atoms with van der Waals surface area (Å²) in [6.07, 6.45) is 0. The zero-order chi connectivity index (χ0) is 66.9. The first kappa shape index (κ1) is 57.6. The SMILES string of the molecule is c1ccc(-c2nc(-c3ccc4c(ccc5ccccc54)c3)nc(-c3ccc4c(ccc5c4c4ccccc4c4oc6ccccc6c54)c3)n2)cc1.c1ccc(-c2nc(-c3ccc4c(ccc5ccccc54)c3)nc(-c3ccc4c(ccc5c4c4ccccc4c4sc6ccccc6c54)c3)n2)cc1. The Morgan fingerprint density at radius 2 is 0.529 bits per heavy atom. The minimum atomic E-state index is 0.639. The summed E-state index contributed by atoms with van der Waals surface area (Å²) < 4.78 is 9.15. The van der Waals surface area contributed by atoms with Crippen molar-refractivity contribution in [1.82, 2.24) is 29.9 Å². The van der Waals surface area contributed by atoms with Crippen molar-refractivity contribution in [3.8, 4) is 68.3 Å². The Balaban J connectivity index is 0.000000133. The number of rotatable bonds is 6. The van der Waals surface area contributed by atoms with Crippen LogP contribution in [-0.2, 0) is 0 Å². The van der Waals surface area contributed by atoms with Gasteiger partial charge in [0.15, 0.2) is 34.9 Å². The van der Waals surface area contributed by atoms with Gasteiger partial charge < -0.3 is 4.42 Å². The molecule has 0 aliphatic heterocycles. The summed E-state index contributed by atoms with van der Waals surface area (Å²) in [6.45, 7) is 0. The van der Waals surface area contributed by atoms with E-state index in [9.17, 15) is 0 Å². The standard InChI is InChI=1S/C47H27N3O.C47H27N3S/c2*1-2-11-29(12-3-1)45-48-46(32-21-23-35-30(26-32)19-18-28-10-4-5-13-34(28)35)50-47(49-45)33-22-24-36-31(27-33)20-25-40-42(36)37-14-6-7-15-38(37)44-43(40)39-16-8-9-17-41(39)51-44/h2*1-27H. The summed E-state index contributed by atoms with van der Waals surface area (Å²) >= 11 is 1.89. The van der Waals surface area contributed by atoms with Gasteiger partial charge in [-0.3, -0.25) is 0 Å². The highest BCUT2D eigenvalue weighted by Crippen LogP contribution is 2.48. The van der Waals surface area contributed by atoms with Crippen molar-refractivity contribution < 1.29 is 4.42 Å². The van der Waals surface area contributed by atoms with Gasteiger partial charge in [0.1, 0.15) is 11.2 Å². The largest absolute Gasteiger partial charge is 0.455 e. The van der Waals surface area contributed by atoms with Gasteiger partial charge in [-0.2, -0.15) is 0 Å². The Kier molecular flexibility index (Phi) is 13.1. The molecule has 0 aliphatic rings. The lowest BCUT2D eigenvalue weighted by molar-refractivity contribution is 0.673. The predicted molar refractivity (Wildman–Crippen MR) is 427 cm³/mol. The Labute approximate surface area is 587 Å². The molecule has 0 N–H and O–H groups in total. The molecule has 0 atom stereocenters. The van der Waals surface area contributed by atoms with Crippen LogP contribution < -0.4 is 0 Å². The van der Waals surface area contributed by atoms with Gasteiger partial charge in [0.25, 0.3) is 0 Å². The molecule has 18 aromatic carbocycles. The molecular formula is C94H54N6OS. The van der Waals surface area contributed by atoms with E-state index in [4.69, 9.17) is 34.3 Å². The second-order valence-corrected chi connectivity index (χ2v) is 27.4. The topological polar surface area (TPSA) is 90.5 Å². The molecule has 472 valence electrons. The summed E-state index contributed by atoms with van der Waals surface area (Å²) in [6, 6.07) is 116. The minimum absolute atomic E-state index is 0.639. The van der Waals surface area contributed by atoms with Gasteiger partial charge in [-0.1, -0.05) is 291 Å². The van der Waals surface area contributed by atoms with Gasteiger partial charge in [0.05, 0.1) is 0 Å². The molecule has 22 aromatic rings. The number of fused-ring (bicyclic) bond motifs is 26. The minimum Gasteiger partial charge on any atom is -0.455 e. The highest BCUT2D eigenvalue weighted by molar-refractivity contribution is 7.27. The maximum absolute atomic E-state index is 6.48. The molecule has 0 spiro atoms. The van der Waals surface area contributed by atoms with E-state index in [0.717, 1.165) is 82.3 Å². The quantitative estimate of drug-likeness (QED) is 0.153. The zero-order valence-corrected chi connectivity index (χ0v) is 55.5. The van der Waals surface area contributed by atoms with Crippen LogP contribution in [0.3, 0.4) is 0 Å². The molecule has 102 heavy (non-hydrogen) atoms. The fourth-order valence-corrected chi connectivity index (χ4v) is 17.0. The number of hydrogen-bond donors (Lipinski definition) is 0. The number of benzene rings is 18. The van der Waals surface area contributed by atoms with Crippen LogP contribution in [0, 0.1) is 0 Å². The van der Waals surface area contributed by atoms with Crippen LogP contribution in [0.15, 0.2) is 332 Å². The van der Waals surface area contributed by atoms with E-state index in [1.165, 1.54) is 101 Å². The average Bonchev–Trinajstić information content (AvgIpc) is 1.44. The van der Waals surface area contributed by atoms with Gasteiger partial charge in [-0.25, -0.2) is 29.9 Å². The second-order valence-electron chi connectivity index (χ2n) is 26.3. The highest BCUT2D eigenvalue weighted by Gasteiger charge is 2.22. The van der Waals surface area contributed by atoms with Crippen molar-refractivity contribution >= 4 is 161 Å². The maximum Gasteiger partial charge on any atom is 0.164 e. The molecule has 0 saturated carbocycles. The smallest absolute Gasteiger partial charge is 0.164 e. The molecule has 4 aromatic heterocycles. The van der Waals surface area contributed by atoms with E-state index < -0.39 is 0 Å². The first-order chi connectivity index (χ1) is 50.5. The Hall–Kier alpha value is -13.4. The summed E-state index contributed by atoms with van der Waals surface area (Å²) in [5.41, 5.74) is 7.55. The number of aromatic nitrogens is 6. The van der Waals surface area contributed by atoms with E-state index in [-0.39, 0.29) is 0 Å². The van der Waals surface area contributed by atoms with Crippen LogP contribution in [0.2, 0.25) is 0 Å². The number of hydrogen-bond acceptors (Lipinski definition) is 8. The lowest BCUT2D eigenvalue weighted by Gasteiger charge is -2.13. The molecule has 0 unspecified atom stereocenters. The van der Waals surface area contributed by atoms with Crippen molar-refractivity contribution in [3.63, 3.8) is 0 Å². The summed E-state index contributed by atoms with van der Waals surface area (Å²) in [5, 5.41) is 29.2. The normalized spacial score (nSPS) is 11.9. The zero-order valence-electron chi connectivity index (χ0n) is 54.7. The molecule has 22 rings (SSSR count). The van der Waals surface area contributed by atoms with Crippen molar-refractivity contribution in [3.05, 3.63) is 328 Å². The number of para-hydroxylation sites is 1. The molecule has 0 amide bonds. The monoisotopic (exact) mass is 1310 g/mol. The van der Waals surface area contributed by atoms with Gasteiger partial charge in [-0.15, -0.1) is 11.3 Å². The molecular weight excluding hydrogens is 1260 g/mol. The summed E-state index contributed by atoms with van der Waals surface area (Å²) in [7, 11) is 0. The number of nitrogens with zero attached hydrogens (tertiary/aromatic N) is 6. The molecule has 0 bridgehead atoms. The summed E-state index contributed by atoms with van der Waals surface area (Å²) in [5.74, 6) is 3.90. The van der Waals surface area contributed by atoms with E-state index in [2.05, 4.69) is 273 Å². The van der Waals surface area contributed by atoms with E-state index in [1.54, 1.807) is 0 Å². The molecule has 0 aliphatic carbocycles. The average molecular weight is 1320 g/mol. The first-order valence-electron chi connectivity index (χ1n) is 34.4. The number of furan rings is 1. The molecule has 8 heteroatoms. The van der Waals surface area contributed by atoms with Crippen LogP contribution in [0.25, 0.3) is 218 Å². The van der Waals surface area contributed by atoms with Crippen molar-refractivity contribution in [1.29, 1.82) is 0 Å². The van der Waals surface area contributed by atoms with Crippen molar-refractivity contribution in [2.24, 2.45) is 0 Å². The van der Waals surface area contributed by atoms with Crippen LogP contribution in [0.4, 0.5) is 0 Å². The molecule has 0 radical (unpaired) electrons. The fraction of sp³-hybridized carbons (Fsp3) is 0. The van der Waals surface area contributed by atoms with E-state index >= 15 is 0 Å². The Morgan fingerprint density at radius 3 is 1.04 bits per heavy atom. The Bertz CT molecular complexity index is 6840. The van der Waals surface area contributed by atoms with Gasteiger partial charge in [-0.05, 0) is 133 Å². The summed E-state index contributed by atoms with van der Waals surface area (Å²) in [4.78, 5) is 30.4. The highest BCUT2D eigenvalue weighted by atomic mass is 32.1. The molecule has 4 heterocycles. The lowest BCUT2D eigenvalue weighted by Crippen LogP contribution is -2.00. The second kappa shape index (κ2) is 23.1. The third-order valence-corrected chi connectivity index (χ3v) is 21.7. The number of thiophene rings is 1. The predicted octanol–water partition coefficient (Wildman–Crippen LogP) is 25.5. The molecule has 0 saturated heterocycles. The van der Waals surface area contributed by atoms with Crippen molar-refractivity contribution in [2.75, 3.05) is 0 Å². The molecule has 7 nitrogen and oxygen atoms in total. The lowest BCUT2D eigenvalue weighted by atomic mass is 9.92. The van der Waals surface area contributed by atoms with E-state index in [1.807, 2.05) is 65.9 Å². The van der Waals surface area contributed by atoms with Gasteiger partial charge in [0, 0.05) is 75.1 Å². The fourth-order valence-electron chi connectivity index (χ4n) is 15.7. The first-order valence-corrected chi connectivity index (χ1v) is 35.2. The van der Waals surface area contributed by atoms with Crippen LogP contribution >= 0.6 is 11.3 Å². The maximum atomic E-state index is 6.48. The third kappa shape index (κ3) is 9.34. The van der Waals surface area contributed by atoms with Crippen LogP contribution in [-0.4, -0.2) is 29.9 Å². The molecule has 0 fully saturated rings. The third-order valence-electron chi connectivity index (χ3n) is 20.5. The van der Waals surface area contributed by atoms with Crippen molar-refractivity contribution in [2.45, 2.75) is 0 Å². The van der Waals surface area contributed by atoms with Crippen LogP contribution in [0.1, 0.15) is 0 Å². The van der Waals surface area contributed by atoms with Gasteiger partial charge in [0.2, 0.25) is 0 Å². The van der Waals surface area contributed by atoms with Crippen LogP contribution in [0.5, 0.6) is 0 Å². The van der Waals surface area contributed by atoms with Gasteiger partial charge >= 0.3 is 0 Å². The Morgan fingerprint density at radius 1 is 0.196 bits per heavy atom.